The van der Waals surface area contributed by atoms with Gasteiger partial charge in [0.15, 0.2) is 0 Å². The highest BCUT2D eigenvalue weighted by atomic mass is 16.5. The highest BCUT2D eigenvalue weighted by Crippen LogP contribution is 2.25. The Bertz CT molecular complexity index is 551. The lowest BCUT2D eigenvalue weighted by molar-refractivity contribution is -0.138. The van der Waals surface area contributed by atoms with Crippen molar-refractivity contribution < 1.29 is 30.0 Å². The van der Waals surface area contributed by atoms with Gasteiger partial charge in [-0.3, -0.25) is 4.79 Å². The molecule has 0 saturated carbocycles. The average Bonchev–Trinajstić information content (AvgIpc) is 3.04. The van der Waals surface area contributed by atoms with E-state index in [2.05, 4.69) is 31.2 Å². The quantitative estimate of drug-likeness (QED) is 0.358. The Labute approximate surface area is 167 Å². The van der Waals surface area contributed by atoms with E-state index in [1.807, 2.05) is 12.2 Å². The first-order chi connectivity index (χ1) is 13.4. The van der Waals surface area contributed by atoms with Crippen molar-refractivity contribution in [2.75, 3.05) is 0 Å². The van der Waals surface area contributed by atoms with Crippen molar-refractivity contribution in [3.8, 4) is 0 Å². The molecule has 0 aromatic carbocycles. The Morgan fingerprint density at radius 3 is 2.39 bits per heavy atom. The maximum atomic E-state index is 10.6. The smallest absolute Gasteiger partial charge is 0.303 e. The molecule has 0 aliphatic carbocycles. The molecular weight excluding hydrogens is 360 g/mol. The standard InChI is InChI=1S/C22H34O6/c1-2-3-4-5-6-7-8-9-10-11-17(23)12-14-20-19(25)16-21(28-20)18(24)13-15-22(26)27/h3-4,6-7,9-10,12,14,17-21,23-25H,2,5,8,11,13,15-16H2,1H3,(H,26,27)/b4-3-,7-6-,10-9-,14-12+/t17-,18+,19+,20+,21-/m1/s1. The van der Waals surface area contributed by atoms with Crippen LogP contribution in [0.3, 0.4) is 0 Å². The van der Waals surface area contributed by atoms with E-state index in [-0.39, 0.29) is 19.3 Å². The average molecular weight is 395 g/mol. The number of hydrogen-bond donors (Lipinski definition) is 4. The molecule has 6 nitrogen and oxygen atoms in total. The number of carbonyl (C=O) groups is 1. The summed E-state index contributed by atoms with van der Waals surface area (Å²) in [5.74, 6) is -0.978. The van der Waals surface area contributed by atoms with Crippen molar-refractivity contribution in [2.45, 2.75) is 82.4 Å². The zero-order valence-electron chi connectivity index (χ0n) is 16.6. The third-order valence-corrected chi connectivity index (χ3v) is 4.45. The maximum Gasteiger partial charge on any atom is 0.303 e. The predicted octanol–water partition coefficient (Wildman–Crippen LogP) is 2.90. The van der Waals surface area contributed by atoms with Gasteiger partial charge in [0.25, 0.3) is 0 Å². The first-order valence-corrected chi connectivity index (χ1v) is 9.98. The molecular formula is C22H34O6. The number of rotatable bonds is 13. The minimum atomic E-state index is -0.978. The predicted molar refractivity (Wildman–Crippen MR) is 109 cm³/mol. The third kappa shape index (κ3) is 10.6. The van der Waals surface area contributed by atoms with Gasteiger partial charge in [-0.15, -0.1) is 0 Å². The third-order valence-electron chi connectivity index (χ3n) is 4.45. The molecule has 0 aromatic rings. The Hall–Kier alpha value is -1.73. The largest absolute Gasteiger partial charge is 0.481 e. The molecule has 1 fully saturated rings. The minimum absolute atomic E-state index is 0.0832. The number of aliphatic hydroxyl groups is 3. The summed E-state index contributed by atoms with van der Waals surface area (Å²) in [4.78, 5) is 10.6. The summed E-state index contributed by atoms with van der Waals surface area (Å²) < 4.78 is 5.59. The number of aliphatic hydroxyl groups excluding tert-OH is 3. The van der Waals surface area contributed by atoms with Gasteiger partial charge < -0.3 is 25.2 Å². The van der Waals surface area contributed by atoms with Crippen LogP contribution in [0.2, 0.25) is 0 Å². The van der Waals surface area contributed by atoms with Gasteiger partial charge in [-0.25, -0.2) is 0 Å². The van der Waals surface area contributed by atoms with Crippen LogP contribution >= 0.6 is 0 Å². The second-order valence-corrected chi connectivity index (χ2v) is 6.92. The van der Waals surface area contributed by atoms with Crippen LogP contribution in [0.1, 0.15) is 51.9 Å². The lowest BCUT2D eigenvalue weighted by Gasteiger charge is -2.17. The number of carboxylic acid groups (broad SMARTS) is 1. The van der Waals surface area contributed by atoms with Crippen molar-refractivity contribution in [1.82, 2.24) is 0 Å². The number of aliphatic carboxylic acids is 1. The van der Waals surface area contributed by atoms with Gasteiger partial charge >= 0.3 is 5.97 Å². The van der Waals surface area contributed by atoms with Crippen LogP contribution in [-0.4, -0.2) is 56.9 Å². The molecule has 1 rings (SSSR count). The van der Waals surface area contributed by atoms with E-state index >= 15 is 0 Å². The second-order valence-electron chi connectivity index (χ2n) is 6.92. The van der Waals surface area contributed by atoms with Crippen LogP contribution < -0.4 is 0 Å². The zero-order chi connectivity index (χ0) is 20.8. The fourth-order valence-corrected chi connectivity index (χ4v) is 2.86. The SMILES string of the molecule is CC/C=C\C/C=C\C/C=C\C[C@@H](O)/C=C/[C@@H]1O[C@@H]([C@@H](O)CCC(=O)O)C[C@@H]1O. The molecule has 6 heteroatoms. The van der Waals surface area contributed by atoms with Gasteiger partial charge in [0.1, 0.15) is 6.10 Å². The lowest BCUT2D eigenvalue weighted by atomic mass is 10.0. The van der Waals surface area contributed by atoms with Gasteiger partial charge in [0.2, 0.25) is 0 Å². The second kappa shape index (κ2) is 14.3. The van der Waals surface area contributed by atoms with Crippen LogP contribution in [-0.2, 0) is 9.53 Å². The monoisotopic (exact) mass is 394 g/mol. The Morgan fingerprint density at radius 1 is 1.11 bits per heavy atom. The van der Waals surface area contributed by atoms with E-state index in [0.29, 0.717) is 6.42 Å². The van der Waals surface area contributed by atoms with E-state index in [1.54, 1.807) is 12.2 Å². The fraction of sp³-hybridized carbons (Fsp3) is 0.591. The fourth-order valence-electron chi connectivity index (χ4n) is 2.86. The van der Waals surface area contributed by atoms with E-state index < -0.39 is 36.5 Å². The molecule has 5 atom stereocenters. The molecule has 0 spiro atoms. The molecule has 0 aromatic heterocycles. The Balaban J connectivity index is 2.29. The Kier molecular flexibility index (Phi) is 12.4. The number of carboxylic acids is 1. The maximum absolute atomic E-state index is 10.6. The summed E-state index contributed by atoms with van der Waals surface area (Å²) in [5, 5.41) is 38.7. The summed E-state index contributed by atoms with van der Waals surface area (Å²) in [6.45, 7) is 2.10. The van der Waals surface area contributed by atoms with Crippen LogP contribution in [0.15, 0.2) is 48.6 Å². The molecule has 1 aliphatic heterocycles. The summed E-state index contributed by atoms with van der Waals surface area (Å²) >= 11 is 0. The van der Waals surface area contributed by atoms with Crippen molar-refractivity contribution in [1.29, 1.82) is 0 Å². The van der Waals surface area contributed by atoms with Crippen LogP contribution in [0.5, 0.6) is 0 Å². The summed E-state index contributed by atoms with van der Waals surface area (Å²) in [6, 6.07) is 0. The molecule has 158 valence electrons. The number of allylic oxidation sites excluding steroid dienone is 5. The van der Waals surface area contributed by atoms with Crippen molar-refractivity contribution >= 4 is 5.97 Å². The van der Waals surface area contributed by atoms with Crippen LogP contribution in [0, 0.1) is 0 Å². The van der Waals surface area contributed by atoms with Gasteiger partial charge in [-0.1, -0.05) is 55.5 Å². The van der Waals surface area contributed by atoms with Crippen molar-refractivity contribution in [3.05, 3.63) is 48.6 Å². The van der Waals surface area contributed by atoms with Gasteiger partial charge in [0, 0.05) is 12.8 Å². The highest BCUT2D eigenvalue weighted by Gasteiger charge is 2.36. The van der Waals surface area contributed by atoms with Crippen LogP contribution in [0.25, 0.3) is 0 Å². The number of hydrogen-bond acceptors (Lipinski definition) is 5. The molecule has 1 heterocycles. The first-order valence-electron chi connectivity index (χ1n) is 9.98. The van der Waals surface area contributed by atoms with Crippen molar-refractivity contribution in [2.24, 2.45) is 0 Å². The molecule has 0 radical (unpaired) electrons. The van der Waals surface area contributed by atoms with E-state index in [0.717, 1.165) is 19.3 Å². The summed E-state index contributed by atoms with van der Waals surface area (Å²) in [7, 11) is 0. The van der Waals surface area contributed by atoms with Crippen LogP contribution in [0.4, 0.5) is 0 Å². The molecule has 0 bridgehead atoms. The lowest BCUT2D eigenvalue weighted by Crippen LogP contribution is -2.26. The van der Waals surface area contributed by atoms with E-state index in [4.69, 9.17) is 9.84 Å². The van der Waals surface area contributed by atoms with E-state index in [1.165, 1.54) is 0 Å². The molecule has 4 N–H and O–H groups in total. The minimum Gasteiger partial charge on any atom is -0.481 e. The zero-order valence-corrected chi connectivity index (χ0v) is 16.6. The highest BCUT2D eigenvalue weighted by molar-refractivity contribution is 5.66. The van der Waals surface area contributed by atoms with Crippen molar-refractivity contribution in [3.63, 3.8) is 0 Å². The number of ether oxygens (including phenoxy) is 1. The van der Waals surface area contributed by atoms with Gasteiger partial charge in [0.05, 0.1) is 24.4 Å². The molecule has 1 aliphatic rings. The molecule has 28 heavy (non-hydrogen) atoms. The topological polar surface area (TPSA) is 107 Å². The first kappa shape index (κ1) is 24.3. The molecule has 0 amide bonds. The molecule has 0 unspecified atom stereocenters. The van der Waals surface area contributed by atoms with Gasteiger partial charge in [-0.2, -0.15) is 0 Å². The normalized spacial score (nSPS) is 25.5. The summed E-state index contributed by atoms with van der Waals surface area (Å²) in [5.41, 5.74) is 0. The van der Waals surface area contributed by atoms with Gasteiger partial charge in [-0.05, 0) is 32.1 Å². The van der Waals surface area contributed by atoms with E-state index in [9.17, 15) is 20.1 Å². The Morgan fingerprint density at radius 2 is 1.75 bits per heavy atom. The molecule has 1 saturated heterocycles. The summed E-state index contributed by atoms with van der Waals surface area (Å²) in [6.07, 6.45) is 15.4.